The van der Waals surface area contributed by atoms with E-state index in [1.807, 2.05) is 49.1 Å². The van der Waals surface area contributed by atoms with E-state index in [0.717, 1.165) is 27.8 Å². The topological polar surface area (TPSA) is 52.0 Å². The molecular formula is C17H20N4OS. The predicted octanol–water partition coefficient (Wildman–Crippen LogP) is 3.07. The van der Waals surface area contributed by atoms with Crippen LogP contribution in [0.25, 0.3) is 0 Å². The zero-order valence-electron chi connectivity index (χ0n) is 13.5. The van der Waals surface area contributed by atoms with Gasteiger partial charge in [0.25, 0.3) is 0 Å². The van der Waals surface area contributed by atoms with E-state index in [0.29, 0.717) is 6.54 Å². The van der Waals surface area contributed by atoms with Gasteiger partial charge < -0.3 is 9.30 Å². The second-order valence-corrected chi connectivity index (χ2v) is 6.41. The van der Waals surface area contributed by atoms with Crippen LogP contribution in [0.15, 0.2) is 42.0 Å². The molecule has 0 aliphatic carbocycles. The SMILES string of the molecule is COc1cccc(C(NCc2csc(C)n2)c2nccn2C)c1. The Morgan fingerprint density at radius 3 is 2.91 bits per heavy atom. The summed E-state index contributed by atoms with van der Waals surface area (Å²) in [5, 5.41) is 6.73. The first kappa shape index (κ1) is 15.7. The molecule has 3 aromatic rings. The predicted molar refractivity (Wildman–Crippen MR) is 91.7 cm³/mol. The van der Waals surface area contributed by atoms with E-state index in [9.17, 15) is 0 Å². The van der Waals surface area contributed by atoms with Gasteiger partial charge >= 0.3 is 0 Å². The summed E-state index contributed by atoms with van der Waals surface area (Å²) < 4.78 is 7.38. The molecule has 1 unspecified atom stereocenters. The van der Waals surface area contributed by atoms with Crippen molar-refractivity contribution in [1.82, 2.24) is 19.9 Å². The fraction of sp³-hybridized carbons (Fsp3) is 0.294. The summed E-state index contributed by atoms with van der Waals surface area (Å²) in [5.41, 5.74) is 2.17. The van der Waals surface area contributed by atoms with Gasteiger partial charge in [-0.15, -0.1) is 11.3 Å². The van der Waals surface area contributed by atoms with Gasteiger partial charge in [-0.1, -0.05) is 12.1 Å². The molecule has 6 heteroatoms. The molecule has 1 aromatic carbocycles. The molecule has 3 rings (SSSR count). The Hall–Kier alpha value is -2.18. The van der Waals surface area contributed by atoms with Crippen LogP contribution in [0.2, 0.25) is 0 Å². The molecule has 0 aliphatic rings. The van der Waals surface area contributed by atoms with E-state index in [1.165, 1.54) is 0 Å². The number of ether oxygens (including phenoxy) is 1. The monoisotopic (exact) mass is 328 g/mol. The summed E-state index contributed by atoms with van der Waals surface area (Å²) in [6, 6.07) is 8.05. The number of aryl methyl sites for hydroxylation is 2. The lowest BCUT2D eigenvalue weighted by molar-refractivity contribution is 0.413. The van der Waals surface area contributed by atoms with Crippen molar-refractivity contribution in [3.05, 3.63) is 64.1 Å². The standard InChI is InChI=1S/C17H20N4OS/c1-12-20-14(11-23-12)10-19-16(17-18-7-8-21(17)2)13-5-4-6-15(9-13)22-3/h4-9,11,16,19H,10H2,1-3H3. The minimum Gasteiger partial charge on any atom is -0.497 e. The highest BCUT2D eigenvalue weighted by atomic mass is 32.1. The Morgan fingerprint density at radius 2 is 2.26 bits per heavy atom. The van der Waals surface area contributed by atoms with Crippen LogP contribution in [0.3, 0.4) is 0 Å². The van der Waals surface area contributed by atoms with Crippen LogP contribution in [0, 0.1) is 6.92 Å². The lowest BCUT2D eigenvalue weighted by atomic mass is 10.1. The first-order valence-corrected chi connectivity index (χ1v) is 8.31. The van der Waals surface area contributed by atoms with Crippen LogP contribution in [0.1, 0.15) is 28.1 Å². The third kappa shape index (κ3) is 3.60. The number of imidazole rings is 1. The zero-order chi connectivity index (χ0) is 16.2. The average molecular weight is 328 g/mol. The van der Waals surface area contributed by atoms with Crippen molar-refractivity contribution in [1.29, 1.82) is 0 Å². The Balaban J connectivity index is 1.88. The van der Waals surface area contributed by atoms with Crippen LogP contribution in [0.5, 0.6) is 5.75 Å². The number of methoxy groups -OCH3 is 1. The molecule has 5 nitrogen and oxygen atoms in total. The molecule has 0 radical (unpaired) electrons. The summed E-state index contributed by atoms with van der Waals surface area (Å²) in [6.07, 6.45) is 3.77. The van der Waals surface area contributed by atoms with Gasteiger partial charge in [-0.2, -0.15) is 0 Å². The zero-order valence-corrected chi connectivity index (χ0v) is 14.3. The van der Waals surface area contributed by atoms with E-state index in [1.54, 1.807) is 18.4 Å². The number of hydrogen-bond acceptors (Lipinski definition) is 5. The van der Waals surface area contributed by atoms with Crippen molar-refractivity contribution in [3.63, 3.8) is 0 Å². The number of rotatable bonds is 6. The largest absolute Gasteiger partial charge is 0.497 e. The van der Waals surface area contributed by atoms with Crippen molar-refractivity contribution < 1.29 is 4.74 Å². The molecule has 120 valence electrons. The number of aromatic nitrogens is 3. The summed E-state index contributed by atoms with van der Waals surface area (Å²) in [6.45, 7) is 2.71. The van der Waals surface area contributed by atoms with E-state index < -0.39 is 0 Å². The van der Waals surface area contributed by atoms with Crippen LogP contribution >= 0.6 is 11.3 Å². The second kappa shape index (κ2) is 6.93. The first-order valence-electron chi connectivity index (χ1n) is 7.43. The molecule has 0 amide bonds. The number of nitrogens with one attached hydrogen (secondary N) is 1. The quantitative estimate of drug-likeness (QED) is 0.755. The van der Waals surface area contributed by atoms with Crippen molar-refractivity contribution >= 4 is 11.3 Å². The highest BCUT2D eigenvalue weighted by Gasteiger charge is 2.18. The normalized spacial score (nSPS) is 12.3. The summed E-state index contributed by atoms with van der Waals surface area (Å²) >= 11 is 1.67. The molecule has 0 saturated carbocycles. The Kier molecular flexibility index (Phi) is 4.73. The number of nitrogens with zero attached hydrogens (tertiary/aromatic N) is 3. The first-order chi connectivity index (χ1) is 11.2. The van der Waals surface area contributed by atoms with Gasteiger partial charge in [0, 0.05) is 31.4 Å². The van der Waals surface area contributed by atoms with Crippen molar-refractivity contribution in [2.24, 2.45) is 7.05 Å². The fourth-order valence-corrected chi connectivity index (χ4v) is 3.14. The Labute approximate surface area is 140 Å². The van der Waals surface area contributed by atoms with Gasteiger partial charge in [-0.3, -0.25) is 5.32 Å². The van der Waals surface area contributed by atoms with Crippen LogP contribution in [-0.2, 0) is 13.6 Å². The smallest absolute Gasteiger partial charge is 0.130 e. The van der Waals surface area contributed by atoms with Crippen molar-refractivity contribution in [2.75, 3.05) is 7.11 Å². The molecule has 2 aromatic heterocycles. The number of thiazole rings is 1. The molecule has 0 spiro atoms. The van der Waals surface area contributed by atoms with Gasteiger partial charge in [0.2, 0.25) is 0 Å². The molecule has 1 atom stereocenters. The number of benzene rings is 1. The third-order valence-corrected chi connectivity index (χ3v) is 4.52. The average Bonchev–Trinajstić information content (AvgIpc) is 3.17. The molecule has 1 N–H and O–H groups in total. The summed E-state index contributed by atoms with van der Waals surface area (Å²) in [4.78, 5) is 9.03. The molecule has 23 heavy (non-hydrogen) atoms. The Morgan fingerprint density at radius 1 is 1.39 bits per heavy atom. The molecule has 0 bridgehead atoms. The van der Waals surface area contributed by atoms with Crippen molar-refractivity contribution in [3.8, 4) is 5.75 Å². The molecular weight excluding hydrogens is 308 g/mol. The second-order valence-electron chi connectivity index (χ2n) is 5.34. The maximum absolute atomic E-state index is 5.35. The summed E-state index contributed by atoms with van der Waals surface area (Å²) in [7, 11) is 3.69. The van der Waals surface area contributed by atoms with Crippen molar-refractivity contribution in [2.45, 2.75) is 19.5 Å². The van der Waals surface area contributed by atoms with Gasteiger partial charge in [0.15, 0.2) is 0 Å². The molecule has 0 saturated heterocycles. The highest BCUT2D eigenvalue weighted by Crippen LogP contribution is 2.24. The minimum absolute atomic E-state index is 0.0212. The number of hydrogen-bond donors (Lipinski definition) is 1. The lowest BCUT2D eigenvalue weighted by Gasteiger charge is -2.19. The maximum Gasteiger partial charge on any atom is 0.130 e. The third-order valence-electron chi connectivity index (χ3n) is 3.70. The van der Waals surface area contributed by atoms with E-state index in [2.05, 4.69) is 26.7 Å². The minimum atomic E-state index is -0.0212. The van der Waals surface area contributed by atoms with Crippen LogP contribution in [-0.4, -0.2) is 21.6 Å². The summed E-state index contributed by atoms with van der Waals surface area (Å²) in [5.74, 6) is 1.80. The van der Waals surface area contributed by atoms with E-state index in [-0.39, 0.29) is 6.04 Å². The fourth-order valence-electron chi connectivity index (χ4n) is 2.53. The van der Waals surface area contributed by atoms with Gasteiger partial charge in [-0.05, 0) is 24.6 Å². The maximum atomic E-state index is 5.35. The van der Waals surface area contributed by atoms with Gasteiger partial charge in [-0.25, -0.2) is 9.97 Å². The van der Waals surface area contributed by atoms with E-state index >= 15 is 0 Å². The molecule has 0 aliphatic heterocycles. The van der Waals surface area contributed by atoms with E-state index in [4.69, 9.17) is 4.74 Å². The van der Waals surface area contributed by atoms with Gasteiger partial charge in [0.05, 0.1) is 23.9 Å². The lowest BCUT2D eigenvalue weighted by Crippen LogP contribution is -2.25. The van der Waals surface area contributed by atoms with Crippen LogP contribution in [0.4, 0.5) is 0 Å². The molecule has 2 heterocycles. The Bertz CT molecular complexity index is 780. The van der Waals surface area contributed by atoms with Gasteiger partial charge in [0.1, 0.15) is 11.6 Å². The highest BCUT2D eigenvalue weighted by molar-refractivity contribution is 7.09. The van der Waals surface area contributed by atoms with Crippen LogP contribution < -0.4 is 10.1 Å². The molecule has 0 fully saturated rings.